The largest absolute Gasteiger partial charge is 0.390 e. The second-order valence-corrected chi connectivity index (χ2v) is 9.21. The molecule has 158 valence electrons. The number of rotatable bonds is 9. The summed E-state index contributed by atoms with van der Waals surface area (Å²) in [7, 11) is -3.64. The smallest absolute Gasteiger partial charge is 0.211 e. The van der Waals surface area contributed by atoms with Crippen LogP contribution in [0.1, 0.15) is 0 Å². The number of sulfonamides is 1. The lowest BCUT2D eigenvalue weighted by atomic mass is 10.2. The van der Waals surface area contributed by atoms with Crippen molar-refractivity contribution >= 4 is 31.8 Å². The number of allylic oxidation sites excluding steroid dienone is 2. The fourth-order valence-corrected chi connectivity index (χ4v) is 4.42. The van der Waals surface area contributed by atoms with E-state index in [0.29, 0.717) is 5.57 Å². The molecule has 3 rings (SSSR count). The zero-order valence-electron chi connectivity index (χ0n) is 16.8. The molecule has 0 amide bonds. The Bertz CT molecular complexity index is 1170. The molecule has 0 fully saturated rings. The minimum Gasteiger partial charge on any atom is -0.390 e. The molecule has 1 heterocycles. The van der Waals surface area contributed by atoms with Gasteiger partial charge in [-0.05, 0) is 23.8 Å². The van der Waals surface area contributed by atoms with Crippen molar-refractivity contribution in [1.29, 1.82) is 0 Å². The molecule has 0 radical (unpaired) electrons. The van der Waals surface area contributed by atoms with E-state index in [1.165, 1.54) is 6.08 Å². The molecule has 0 saturated heterocycles. The second-order valence-electron chi connectivity index (χ2n) is 7.22. The van der Waals surface area contributed by atoms with Gasteiger partial charge in [0.15, 0.2) is 0 Å². The van der Waals surface area contributed by atoms with Gasteiger partial charge in [0, 0.05) is 34.9 Å². The minimum absolute atomic E-state index is 0.102. The molecule has 0 spiro atoms. The fourth-order valence-electron chi connectivity index (χ4n) is 3.59. The first-order valence-corrected chi connectivity index (χ1v) is 11.3. The van der Waals surface area contributed by atoms with Gasteiger partial charge in [0.1, 0.15) is 5.83 Å². The number of benzene rings is 2. The molecule has 1 unspecified atom stereocenters. The number of aromatic nitrogens is 1. The summed E-state index contributed by atoms with van der Waals surface area (Å²) in [5, 5.41) is 12.9. The highest BCUT2D eigenvalue weighted by molar-refractivity contribution is 7.88. The highest BCUT2D eigenvalue weighted by Gasteiger charge is 2.22. The van der Waals surface area contributed by atoms with Crippen molar-refractivity contribution in [3.05, 3.63) is 85.2 Å². The highest BCUT2D eigenvalue weighted by Crippen LogP contribution is 2.29. The molecule has 1 N–H and O–H groups in total. The van der Waals surface area contributed by atoms with Gasteiger partial charge in [-0.15, -0.1) is 0 Å². The second kappa shape index (κ2) is 8.95. The Morgan fingerprint density at radius 3 is 2.17 bits per heavy atom. The molecule has 7 heteroatoms. The molecule has 2 aromatic carbocycles. The fraction of sp³-hybridized carbons (Fsp3) is 0.217. The lowest BCUT2D eigenvalue weighted by Gasteiger charge is -2.24. The van der Waals surface area contributed by atoms with Gasteiger partial charge in [0.05, 0.1) is 18.9 Å². The molecular weight excluding hydrogens is 403 g/mol. The van der Waals surface area contributed by atoms with E-state index >= 15 is 0 Å². The Kier molecular flexibility index (Phi) is 6.55. The van der Waals surface area contributed by atoms with Gasteiger partial charge in [0.2, 0.25) is 10.0 Å². The molecule has 0 aliphatic carbocycles. The molecular formula is C23H25FN2O3S. The number of fused-ring (bicyclic) bond motifs is 3. The summed E-state index contributed by atoms with van der Waals surface area (Å²) in [4.78, 5) is 0. The Balaban J connectivity index is 1.90. The Morgan fingerprint density at radius 1 is 1.17 bits per heavy atom. The van der Waals surface area contributed by atoms with Gasteiger partial charge in [0.25, 0.3) is 0 Å². The first-order chi connectivity index (χ1) is 14.2. The van der Waals surface area contributed by atoms with Crippen molar-refractivity contribution < 1.29 is 17.9 Å². The third-order valence-corrected chi connectivity index (χ3v) is 6.14. The van der Waals surface area contributed by atoms with Gasteiger partial charge in [-0.1, -0.05) is 55.6 Å². The van der Waals surface area contributed by atoms with Crippen molar-refractivity contribution in [2.45, 2.75) is 12.6 Å². The van der Waals surface area contributed by atoms with Crippen LogP contribution in [0, 0.1) is 0 Å². The van der Waals surface area contributed by atoms with E-state index in [9.17, 15) is 17.9 Å². The van der Waals surface area contributed by atoms with Crippen LogP contribution in [0.2, 0.25) is 0 Å². The van der Waals surface area contributed by atoms with Crippen LogP contribution in [0.25, 0.3) is 21.8 Å². The molecule has 0 aliphatic rings. The predicted molar refractivity (Wildman–Crippen MR) is 120 cm³/mol. The van der Waals surface area contributed by atoms with Crippen LogP contribution in [0.4, 0.5) is 4.39 Å². The minimum atomic E-state index is -3.64. The van der Waals surface area contributed by atoms with E-state index in [4.69, 9.17) is 0 Å². The van der Waals surface area contributed by atoms with E-state index in [1.54, 1.807) is 0 Å². The number of hydrogen-bond acceptors (Lipinski definition) is 3. The van der Waals surface area contributed by atoms with Crippen LogP contribution >= 0.6 is 0 Å². The zero-order chi connectivity index (χ0) is 21.9. The maximum atomic E-state index is 13.2. The zero-order valence-corrected chi connectivity index (χ0v) is 17.6. The van der Waals surface area contributed by atoms with Crippen LogP contribution in [0.5, 0.6) is 0 Å². The lowest BCUT2D eigenvalue weighted by Crippen LogP contribution is -2.39. The van der Waals surface area contributed by atoms with Crippen LogP contribution in [-0.4, -0.2) is 47.8 Å². The maximum absolute atomic E-state index is 13.2. The van der Waals surface area contributed by atoms with Gasteiger partial charge in [-0.3, -0.25) is 0 Å². The quantitative estimate of drug-likeness (QED) is 0.524. The molecule has 0 saturated carbocycles. The van der Waals surface area contributed by atoms with Crippen molar-refractivity contribution in [2.75, 3.05) is 19.3 Å². The summed E-state index contributed by atoms with van der Waals surface area (Å²) in [5.41, 5.74) is 2.28. The Labute approximate surface area is 176 Å². The van der Waals surface area contributed by atoms with Crippen LogP contribution in [0.15, 0.2) is 85.2 Å². The molecule has 0 aliphatic heterocycles. The highest BCUT2D eigenvalue weighted by atomic mass is 32.2. The van der Waals surface area contributed by atoms with Crippen LogP contribution < -0.4 is 0 Å². The van der Waals surface area contributed by atoms with E-state index in [1.807, 2.05) is 53.1 Å². The van der Waals surface area contributed by atoms with Crippen LogP contribution in [0.3, 0.4) is 0 Å². The lowest BCUT2D eigenvalue weighted by molar-refractivity contribution is 0.133. The predicted octanol–water partition coefficient (Wildman–Crippen LogP) is 4.01. The average Bonchev–Trinajstić information content (AvgIpc) is 3.00. The maximum Gasteiger partial charge on any atom is 0.211 e. The molecule has 1 atom stereocenters. The monoisotopic (exact) mass is 428 g/mol. The van der Waals surface area contributed by atoms with E-state index < -0.39 is 22.0 Å². The standard InChI is InChI=1S/C23H25FN2O3S/c1-4-18(13-17(2)24)14-25(30(3,28)29)15-19(27)16-26-22-11-7-5-9-20(22)21-10-6-8-12-23(21)26/h4-13,19,27H,1-2,14-16H2,3H3/b18-13+. The van der Waals surface area contributed by atoms with Gasteiger partial charge >= 0.3 is 0 Å². The van der Waals surface area contributed by atoms with E-state index in [2.05, 4.69) is 13.2 Å². The molecule has 30 heavy (non-hydrogen) atoms. The number of hydrogen-bond donors (Lipinski definition) is 1. The number of aliphatic hydroxyl groups is 1. The summed E-state index contributed by atoms with van der Waals surface area (Å²) < 4.78 is 40.8. The average molecular weight is 429 g/mol. The molecule has 0 bridgehead atoms. The normalized spacial score (nSPS) is 13.8. The summed E-state index contributed by atoms with van der Waals surface area (Å²) in [6.45, 7) is 6.74. The first kappa shape index (κ1) is 22.0. The van der Waals surface area contributed by atoms with Crippen molar-refractivity contribution in [3.8, 4) is 0 Å². The third kappa shape index (κ3) is 4.87. The number of aliphatic hydroxyl groups excluding tert-OH is 1. The van der Waals surface area contributed by atoms with Gasteiger partial charge < -0.3 is 9.67 Å². The summed E-state index contributed by atoms with van der Waals surface area (Å²) in [6.07, 6.45) is 2.59. The Hall–Kier alpha value is -2.74. The van der Waals surface area contributed by atoms with E-state index in [0.717, 1.165) is 38.4 Å². The van der Waals surface area contributed by atoms with Crippen LogP contribution in [-0.2, 0) is 16.6 Å². The summed E-state index contributed by atoms with van der Waals surface area (Å²) >= 11 is 0. The topological polar surface area (TPSA) is 62.5 Å². The number of halogens is 1. The third-order valence-electron chi connectivity index (χ3n) is 4.92. The number of nitrogens with zero attached hydrogens (tertiary/aromatic N) is 2. The van der Waals surface area contributed by atoms with Crippen molar-refractivity contribution in [1.82, 2.24) is 8.87 Å². The molecule has 5 nitrogen and oxygen atoms in total. The van der Waals surface area contributed by atoms with E-state index in [-0.39, 0.29) is 19.6 Å². The van der Waals surface area contributed by atoms with Crippen molar-refractivity contribution in [2.24, 2.45) is 0 Å². The summed E-state index contributed by atoms with van der Waals surface area (Å²) in [6, 6.07) is 15.8. The van der Waals surface area contributed by atoms with Crippen molar-refractivity contribution in [3.63, 3.8) is 0 Å². The first-order valence-electron chi connectivity index (χ1n) is 9.47. The molecule has 3 aromatic rings. The van der Waals surface area contributed by atoms with Gasteiger partial charge in [-0.2, -0.15) is 4.31 Å². The Morgan fingerprint density at radius 2 is 1.70 bits per heavy atom. The molecule has 1 aromatic heterocycles. The number of para-hydroxylation sites is 2. The summed E-state index contributed by atoms with van der Waals surface area (Å²) in [5.74, 6) is -0.691. The SMILES string of the molecule is C=C/C(=C\C(=C)F)CN(CC(O)Cn1c2ccccc2c2ccccc21)S(C)(=O)=O. The van der Waals surface area contributed by atoms with Gasteiger partial charge in [-0.25, -0.2) is 12.8 Å².